The largest absolute Gasteiger partial charge is 0.494 e. The van der Waals surface area contributed by atoms with Crippen LogP contribution in [0.5, 0.6) is 5.75 Å². The summed E-state index contributed by atoms with van der Waals surface area (Å²) >= 11 is 0. The quantitative estimate of drug-likeness (QED) is 0.490. The summed E-state index contributed by atoms with van der Waals surface area (Å²) in [7, 11) is 0. The third-order valence-corrected chi connectivity index (χ3v) is 2.36. The van der Waals surface area contributed by atoms with Gasteiger partial charge in [-0.1, -0.05) is 44.1 Å². The Kier molecular flexibility index (Phi) is 8.85. The number of hydrogen-bond donors (Lipinski definition) is 0. The number of benzene rings is 1. The average Bonchev–Trinajstić information content (AvgIpc) is 2.38. The van der Waals surface area contributed by atoms with Crippen LogP contribution >= 0.6 is 0 Å². The average molecular weight is 232 g/mol. The van der Waals surface area contributed by atoms with Gasteiger partial charge in [-0.25, -0.2) is 0 Å². The van der Waals surface area contributed by atoms with E-state index in [-0.39, 0.29) is 0 Å². The molecule has 0 spiro atoms. The van der Waals surface area contributed by atoms with Crippen molar-refractivity contribution in [3.63, 3.8) is 0 Å². The first-order valence-electron chi connectivity index (χ1n) is 6.12. The molecule has 17 heavy (non-hydrogen) atoms. The lowest BCUT2D eigenvalue weighted by Crippen LogP contribution is -1.96. The predicted octanol–water partition coefficient (Wildman–Crippen LogP) is 5.09. The molecule has 0 amide bonds. The molecule has 1 aromatic carbocycles. The van der Waals surface area contributed by atoms with Crippen LogP contribution in [-0.2, 0) is 0 Å². The zero-order valence-electron chi connectivity index (χ0n) is 11.2. The summed E-state index contributed by atoms with van der Waals surface area (Å²) in [6, 6.07) is 8.13. The lowest BCUT2D eigenvalue weighted by Gasteiger charge is -2.06. The molecule has 1 aromatic rings. The van der Waals surface area contributed by atoms with E-state index in [9.17, 15) is 0 Å². The van der Waals surface area contributed by atoms with Gasteiger partial charge in [-0.2, -0.15) is 0 Å². The molecule has 0 aliphatic rings. The van der Waals surface area contributed by atoms with Crippen molar-refractivity contribution in [1.29, 1.82) is 0 Å². The summed E-state index contributed by atoms with van der Waals surface area (Å²) in [4.78, 5) is 0. The van der Waals surface area contributed by atoms with Gasteiger partial charge in [-0.05, 0) is 31.0 Å². The Morgan fingerprint density at radius 3 is 2.18 bits per heavy atom. The molecular formula is C16H24O. The topological polar surface area (TPSA) is 9.23 Å². The molecule has 1 heteroatoms. The molecule has 0 heterocycles. The molecule has 0 saturated heterocycles. The molecule has 0 aliphatic carbocycles. The number of allylic oxidation sites excluding steroid dienone is 1. The molecule has 0 atom stereocenters. The van der Waals surface area contributed by atoms with Crippen molar-refractivity contribution in [3.05, 3.63) is 49.6 Å². The van der Waals surface area contributed by atoms with Gasteiger partial charge in [0.1, 0.15) is 5.75 Å². The Balaban J connectivity index is 0.00000121. The highest BCUT2D eigenvalue weighted by Gasteiger charge is 1.95. The molecule has 1 nitrogen and oxygen atoms in total. The summed E-state index contributed by atoms with van der Waals surface area (Å²) in [6.45, 7) is 14.9. The SMILES string of the molecule is C=C.C=C(C)c1ccc(OCCCCC)cc1. The normalized spacial score (nSPS) is 9.06. The van der Waals surface area contributed by atoms with E-state index in [1.807, 2.05) is 19.1 Å². The Hall–Kier alpha value is -1.50. The Bertz CT molecular complexity index is 311. The molecular weight excluding hydrogens is 208 g/mol. The zero-order valence-corrected chi connectivity index (χ0v) is 11.2. The molecule has 1 rings (SSSR count). The fourth-order valence-electron chi connectivity index (χ4n) is 1.38. The zero-order chi connectivity index (χ0) is 13.1. The molecule has 0 fully saturated rings. The minimum Gasteiger partial charge on any atom is -0.494 e. The van der Waals surface area contributed by atoms with Crippen LogP contribution < -0.4 is 4.74 Å². The van der Waals surface area contributed by atoms with Crippen molar-refractivity contribution in [3.8, 4) is 5.75 Å². The van der Waals surface area contributed by atoms with Crippen molar-refractivity contribution in [2.45, 2.75) is 33.1 Å². The summed E-state index contributed by atoms with van der Waals surface area (Å²) in [5.41, 5.74) is 2.27. The van der Waals surface area contributed by atoms with Crippen LogP contribution in [0.1, 0.15) is 38.7 Å². The predicted molar refractivity (Wildman–Crippen MR) is 77.4 cm³/mol. The van der Waals surface area contributed by atoms with E-state index in [1.165, 1.54) is 18.4 Å². The van der Waals surface area contributed by atoms with E-state index in [4.69, 9.17) is 4.74 Å². The fourth-order valence-corrected chi connectivity index (χ4v) is 1.38. The molecule has 0 N–H and O–H groups in total. The highest BCUT2D eigenvalue weighted by Crippen LogP contribution is 2.17. The van der Waals surface area contributed by atoms with Gasteiger partial charge >= 0.3 is 0 Å². The first kappa shape index (κ1) is 15.5. The van der Waals surface area contributed by atoms with Crippen molar-refractivity contribution >= 4 is 5.57 Å². The van der Waals surface area contributed by atoms with Gasteiger partial charge in [0.25, 0.3) is 0 Å². The van der Waals surface area contributed by atoms with Gasteiger partial charge in [-0.15, -0.1) is 13.2 Å². The summed E-state index contributed by atoms with van der Waals surface area (Å²) in [5, 5.41) is 0. The number of hydrogen-bond acceptors (Lipinski definition) is 1. The van der Waals surface area contributed by atoms with E-state index >= 15 is 0 Å². The Morgan fingerprint density at radius 1 is 1.12 bits per heavy atom. The number of ether oxygens (including phenoxy) is 1. The van der Waals surface area contributed by atoms with Gasteiger partial charge in [0, 0.05) is 0 Å². The fraction of sp³-hybridized carbons (Fsp3) is 0.375. The number of rotatable bonds is 6. The van der Waals surface area contributed by atoms with Crippen LogP contribution in [-0.4, -0.2) is 6.61 Å². The van der Waals surface area contributed by atoms with Crippen molar-refractivity contribution in [2.24, 2.45) is 0 Å². The van der Waals surface area contributed by atoms with Crippen LogP contribution in [0, 0.1) is 0 Å². The maximum atomic E-state index is 5.61. The molecule has 0 unspecified atom stereocenters. The van der Waals surface area contributed by atoms with E-state index in [0.717, 1.165) is 24.4 Å². The first-order valence-corrected chi connectivity index (χ1v) is 6.12. The van der Waals surface area contributed by atoms with Crippen molar-refractivity contribution < 1.29 is 4.74 Å². The molecule has 0 aliphatic heterocycles. The highest BCUT2D eigenvalue weighted by atomic mass is 16.5. The minimum atomic E-state index is 0.820. The first-order chi connectivity index (χ1) is 8.24. The van der Waals surface area contributed by atoms with E-state index in [0.29, 0.717) is 0 Å². The number of unbranched alkanes of at least 4 members (excludes halogenated alkanes) is 2. The maximum absolute atomic E-state index is 5.61. The molecule has 0 bridgehead atoms. The third kappa shape index (κ3) is 6.62. The van der Waals surface area contributed by atoms with Crippen molar-refractivity contribution in [2.75, 3.05) is 6.61 Å². The summed E-state index contributed by atoms with van der Waals surface area (Å²) in [6.07, 6.45) is 3.61. The van der Waals surface area contributed by atoms with E-state index in [2.05, 4.69) is 38.8 Å². The highest BCUT2D eigenvalue weighted by molar-refractivity contribution is 5.61. The second-order valence-corrected chi connectivity index (χ2v) is 3.86. The Morgan fingerprint density at radius 2 is 1.71 bits per heavy atom. The smallest absolute Gasteiger partial charge is 0.119 e. The van der Waals surface area contributed by atoms with E-state index < -0.39 is 0 Å². The van der Waals surface area contributed by atoms with Crippen molar-refractivity contribution in [1.82, 2.24) is 0 Å². The Labute approximate surface area is 106 Å². The standard InChI is InChI=1S/C14H20O.C2H4/c1-4-5-6-11-15-14-9-7-13(8-10-14)12(2)3;1-2/h7-10H,2,4-6,11H2,1,3H3;1-2H2. The molecule has 0 saturated carbocycles. The lowest BCUT2D eigenvalue weighted by molar-refractivity contribution is 0.306. The van der Waals surface area contributed by atoms with Gasteiger partial charge in [0.2, 0.25) is 0 Å². The van der Waals surface area contributed by atoms with Crippen LogP contribution in [0.15, 0.2) is 44.0 Å². The van der Waals surface area contributed by atoms with Crippen LogP contribution in [0.25, 0.3) is 5.57 Å². The van der Waals surface area contributed by atoms with Gasteiger partial charge in [0.05, 0.1) is 6.61 Å². The second-order valence-electron chi connectivity index (χ2n) is 3.86. The monoisotopic (exact) mass is 232 g/mol. The van der Waals surface area contributed by atoms with Crippen LogP contribution in [0.2, 0.25) is 0 Å². The van der Waals surface area contributed by atoms with Crippen LogP contribution in [0.4, 0.5) is 0 Å². The lowest BCUT2D eigenvalue weighted by atomic mass is 10.1. The van der Waals surface area contributed by atoms with Gasteiger partial charge in [0.15, 0.2) is 0 Å². The summed E-state index contributed by atoms with van der Waals surface area (Å²) < 4.78 is 5.61. The molecule has 94 valence electrons. The minimum absolute atomic E-state index is 0.820. The third-order valence-electron chi connectivity index (χ3n) is 2.36. The molecule has 0 radical (unpaired) electrons. The maximum Gasteiger partial charge on any atom is 0.119 e. The second kappa shape index (κ2) is 9.71. The molecule has 0 aromatic heterocycles. The summed E-state index contributed by atoms with van der Waals surface area (Å²) in [5.74, 6) is 0.955. The van der Waals surface area contributed by atoms with Crippen LogP contribution in [0.3, 0.4) is 0 Å². The van der Waals surface area contributed by atoms with E-state index in [1.54, 1.807) is 0 Å². The van der Waals surface area contributed by atoms with Gasteiger partial charge in [-0.3, -0.25) is 0 Å². The van der Waals surface area contributed by atoms with Gasteiger partial charge < -0.3 is 4.74 Å².